The molecule has 1 heterocycles. The summed E-state index contributed by atoms with van der Waals surface area (Å²) in [6, 6.07) is 2.89. The molecule has 3 rings (SSSR count). The lowest BCUT2D eigenvalue weighted by Gasteiger charge is -2.30. The number of hydrogen-bond acceptors (Lipinski definition) is 2. The number of carbonyl (C=O) groups is 2. The monoisotopic (exact) mass is 364 g/mol. The largest absolute Gasteiger partial charge is 0.343 e. The summed E-state index contributed by atoms with van der Waals surface area (Å²) in [4.78, 5) is 26.5. The number of carbonyl (C=O) groups excluding carboxylic acids is 2. The molecule has 4 nitrogen and oxygen atoms in total. The number of likely N-dealkylation sites (tertiary alicyclic amines) is 1. The quantitative estimate of drug-likeness (QED) is 0.867. The Hall–Kier alpha value is -1.98. The van der Waals surface area contributed by atoms with Crippen LogP contribution in [0.25, 0.3) is 0 Å². The molecule has 2 aliphatic rings. The topological polar surface area (TPSA) is 49.4 Å². The van der Waals surface area contributed by atoms with Crippen molar-refractivity contribution in [1.82, 2.24) is 10.2 Å². The van der Waals surface area contributed by atoms with Crippen LogP contribution in [0.2, 0.25) is 0 Å². The van der Waals surface area contributed by atoms with Crippen LogP contribution in [0.3, 0.4) is 0 Å². The van der Waals surface area contributed by atoms with Crippen LogP contribution in [0.5, 0.6) is 0 Å². The Bertz CT molecular complexity index is 639. The van der Waals surface area contributed by atoms with Gasteiger partial charge in [0.05, 0.1) is 6.54 Å². The van der Waals surface area contributed by atoms with Crippen LogP contribution in [0.1, 0.15) is 61.7 Å². The van der Waals surface area contributed by atoms with E-state index in [4.69, 9.17) is 0 Å². The fourth-order valence-corrected chi connectivity index (χ4v) is 4.26. The van der Waals surface area contributed by atoms with Crippen LogP contribution in [-0.4, -0.2) is 35.8 Å². The summed E-state index contributed by atoms with van der Waals surface area (Å²) in [7, 11) is 0. The molecule has 6 heteroatoms. The third-order valence-electron chi connectivity index (χ3n) is 5.55. The van der Waals surface area contributed by atoms with E-state index in [1.165, 1.54) is 32.1 Å². The second-order valence-corrected chi connectivity index (χ2v) is 7.46. The van der Waals surface area contributed by atoms with Gasteiger partial charge in [0, 0.05) is 24.2 Å². The summed E-state index contributed by atoms with van der Waals surface area (Å²) in [6.45, 7) is 0.582. The van der Waals surface area contributed by atoms with E-state index < -0.39 is 17.5 Å². The van der Waals surface area contributed by atoms with Crippen molar-refractivity contribution < 1.29 is 18.4 Å². The number of hydrogen-bond donors (Lipinski definition) is 1. The van der Waals surface area contributed by atoms with Crippen molar-refractivity contribution in [3.63, 3.8) is 0 Å². The molecule has 26 heavy (non-hydrogen) atoms. The second kappa shape index (κ2) is 8.60. The first-order valence-electron chi connectivity index (χ1n) is 9.56. The first-order valence-corrected chi connectivity index (χ1v) is 9.56. The van der Waals surface area contributed by atoms with E-state index in [0.29, 0.717) is 12.0 Å². The third-order valence-corrected chi connectivity index (χ3v) is 5.55. The summed E-state index contributed by atoms with van der Waals surface area (Å²) < 4.78 is 26.4. The van der Waals surface area contributed by atoms with Crippen molar-refractivity contribution in [3.8, 4) is 0 Å². The van der Waals surface area contributed by atoms with Gasteiger partial charge in [0.15, 0.2) is 0 Å². The molecule has 1 aliphatic heterocycles. The minimum atomic E-state index is -0.812. The molecule has 1 atom stereocenters. The predicted octanol–water partition coefficient (Wildman–Crippen LogP) is 3.66. The molecule has 2 fully saturated rings. The summed E-state index contributed by atoms with van der Waals surface area (Å²) >= 11 is 0. The zero-order chi connectivity index (χ0) is 18.5. The molecule has 1 unspecified atom stereocenters. The molecule has 1 saturated heterocycles. The van der Waals surface area contributed by atoms with Gasteiger partial charge >= 0.3 is 0 Å². The highest BCUT2D eigenvalue weighted by Gasteiger charge is 2.31. The smallest absolute Gasteiger partial charge is 0.251 e. The summed E-state index contributed by atoms with van der Waals surface area (Å²) in [5, 5.41) is 2.49. The summed E-state index contributed by atoms with van der Waals surface area (Å²) in [5.74, 6) is -1.68. The van der Waals surface area contributed by atoms with Crippen LogP contribution in [0.15, 0.2) is 18.2 Å². The van der Waals surface area contributed by atoms with Crippen molar-refractivity contribution in [2.75, 3.05) is 13.1 Å². The molecule has 142 valence electrons. The highest BCUT2D eigenvalue weighted by molar-refractivity contribution is 5.96. The van der Waals surface area contributed by atoms with Gasteiger partial charge in [-0.05, 0) is 37.3 Å². The van der Waals surface area contributed by atoms with Gasteiger partial charge in [0.2, 0.25) is 5.91 Å². The third kappa shape index (κ3) is 4.80. The van der Waals surface area contributed by atoms with Crippen molar-refractivity contribution in [3.05, 3.63) is 35.4 Å². The van der Waals surface area contributed by atoms with Crippen LogP contribution in [0.4, 0.5) is 8.78 Å². The lowest BCUT2D eigenvalue weighted by atomic mass is 9.84. The normalized spacial score (nSPS) is 21.0. The van der Waals surface area contributed by atoms with Gasteiger partial charge in [0.25, 0.3) is 5.91 Å². The maximum absolute atomic E-state index is 13.2. The minimum absolute atomic E-state index is 0.115. The molecule has 0 bridgehead atoms. The zero-order valence-electron chi connectivity index (χ0n) is 15.0. The Morgan fingerprint density at radius 2 is 1.69 bits per heavy atom. The number of rotatable bonds is 5. The molecular formula is C20H26F2N2O2. The van der Waals surface area contributed by atoms with Gasteiger partial charge in [-0.15, -0.1) is 0 Å². The molecule has 1 saturated carbocycles. The number of benzene rings is 1. The number of amides is 2. The van der Waals surface area contributed by atoms with Crippen molar-refractivity contribution in [2.45, 2.75) is 57.4 Å². The first kappa shape index (κ1) is 18.8. The lowest BCUT2D eigenvalue weighted by molar-refractivity contribution is -0.131. The Morgan fingerprint density at radius 1 is 1.00 bits per heavy atom. The highest BCUT2D eigenvalue weighted by atomic mass is 19.1. The average molecular weight is 364 g/mol. The molecule has 2 amide bonds. The van der Waals surface area contributed by atoms with Gasteiger partial charge in [-0.3, -0.25) is 9.59 Å². The number of halogens is 2. The standard InChI is InChI=1S/C20H26F2N2O2/c21-16-10-15(11-17(22)12-16)20(26)23-13-19(25)24-8-4-7-18(24)9-14-5-2-1-3-6-14/h10-12,14,18H,1-9,13H2,(H,23,26). The van der Waals surface area contributed by atoms with Crippen LogP contribution < -0.4 is 5.32 Å². The van der Waals surface area contributed by atoms with Gasteiger partial charge in [0.1, 0.15) is 11.6 Å². The van der Waals surface area contributed by atoms with Crippen molar-refractivity contribution >= 4 is 11.8 Å². The van der Waals surface area contributed by atoms with Crippen molar-refractivity contribution in [2.24, 2.45) is 5.92 Å². The lowest BCUT2D eigenvalue weighted by Crippen LogP contribution is -2.43. The molecular weight excluding hydrogens is 338 g/mol. The molecule has 0 aromatic heterocycles. The van der Waals surface area contributed by atoms with E-state index in [2.05, 4.69) is 5.32 Å². The molecule has 1 aromatic rings. The maximum Gasteiger partial charge on any atom is 0.251 e. The fourth-order valence-electron chi connectivity index (χ4n) is 4.26. The van der Waals surface area contributed by atoms with Crippen molar-refractivity contribution in [1.29, 1.82) is 0 Å². The molecule has 1 aromatic carbocycles. The summed E-state index contributed by atoms with van der Waals surface area (Å²) in [6.07, 6.45) is 9.45. The SMILES string of the molecule is O=C(NCC(=O)N1CCCC1CC1CCCCC1)c1cc(F)cc(F)c1. The molecule has 1 aliphatic carbocycles. The predicted molar refractivity (Wildman–Crippen MR) is 94.6 cm³/mol. The van der Waals surface area contributed by atoms with Gasteiger partial charge in [-0.25, -0.2) is 8.78 Å². The molecule has 0 spiro atoms. The fraction of sp³-hybridized carbons (Fsp3) is 0.600. The number of nitrogens with one attached hydrogen (secondary N) is 1. The van der Waals surface area contributed by atoms with E-state index in [9.17, 15) is 18.4 Å². The Balaban J connectivity index is 1.52. The van der Waals surface area contributed by atoms with Crippen LogP contribution >= 0.6 is 0 Å². The Labute approximate surface area is 152 Å². The zero-order valence-corrected chi connectivity index (χ0v) is 15.0. The van der Waals surface area contributed by atoms with E-state index in [1.807, 2.05) is 4.90 Å². The van der Waals surface area contributed by atoms with E-state index in [0.717, 1.165) is 37.9 Å². The van der Waals surface area contributed by atoms with E-state index in [-0.39, 0.29) is 24.1 Å². The highest BCUT2D eigenvalue weighted by Crippen LogP contribution is 2.32. The Kier molecular flexibility index (Phi) is 6.22. The van der Waals surface area contributed by atoms with Gasteiger partial charge in [-0.2, -0.15) is 0 Å². The number of nitrogens with zero attached hydrogens (tertiary/aromatic N) is 1. The van der Waals surface area contributed by atoms with E-state index in [1.54, 1.807) is 0 Å². The van der Waals surface area contributed by atoms with Gasteiger partial charge < -0.3 is 10.2 Å². The second-order valence-electron chi connectivity index (χ2n) is 7.46. The van der Waals surface area contributed by atoms with E-state index >= 15 is 0 Å². The van der Waals surface area contributed by atoms with Crippen LogP contribution in [0, 0.1) is 17.6 Å². The molecule has 0 radical (unpaired) electrons. The van der Waals surface area contributed by atoms with Crippen LogP contribution in [-0.2, 0) is 4.79 Å². The first-order chi connectivity index (χ1) is 12.5. The molecule has 1 N–H and O–H groups in total. The average Bonchev–Trinajstić information content (AvgIpc) is 3.07. The Morgan fingerprint density at radius 3 is 2.38 bits per heavy atom. The summed E-state index contributed by atoms with van der Waals surface area (Å²) in [5.41, 5.74) is -0.115. The van der Waals surface area contributed by atoms with Gasteiger partial charge in [-0.1, -0.05) is 32.1 Å². The minimum Gasteiger partial charge on any atom is -0.343 e. The maximum atomic E-state index is 13.2.